The molecule has 70 valence electrons. The van der Waals surface area contributed by atoms with Crippen LogP contribution in [0.5, 0.6) is 0 Å². The van der Waals surface area contributed by atoms with Gasteiger partial charge in [-0.05, 0) is 46.5 Å². The Labute approximate surface area is 74.3 Å². The number of hydrogen-bond donors (Lipinski definition) is 0. The van der Waals surface area contributed by atoms with Gasteiger partial charge >= 0.3 is 5.97 Å². The van der Waals surface area contributed by atoms with Crippen molar-refractivity contribution in [3.8, 4) is 0 Å². The second-order valence-electron chi connectivity index (χ2n) is 4.45. The average molecular weight is 170 g/mol. The zero-order valence-electron chi connectivity index (χ0n) is 8.39. The van der Waals surface area contributed by atoms with Crippen LogP contribution in [0.25, 0.3) is 0 Å². The van der Waals surface area contributed by atoms with E-state index in [1.807, 2.05) is 27.7 Å². The van der Waals surface area contributed by atoms with Gasteiger partial charge in [-0.3, -0.25) is 4.79 Å². The molecule has 0 N–H and O–H groups in total. The van der Waals surface area contributed by atoms with Crippen LogP contribution in [0.15, 0.2) is 0 Å². The van der Waals surface area contributed by atoms with Crippen LogP contribution in [-0.2, 0) is 9.53 Å². The first-order valence-electron chi connectivity index (χ1n) is 4.65. The molecule has 0 spiro atoms. The van der Waals surface area contributed by atoms with E-state index in [1.54, 1.807) is 0 Å². The van der Waals surface area contributed by atoms with Gasteiger partial charge in [0, 0.05) is 0 Å². The normalized spacial score (nSPS) is 18.1. The third-order valence-corrected chi connectivity index (χ3v) is 2.47. The van der Waals surface area contributed by atoms with E-state index < -0.39 is 0 Å². The van der Waals surface area contributed by atoms with Gasteiger partial charge < -0.3 is 4.74 Å². The van der Waals surface area contributed by atoms with Gasteiger partial charge in [0.15, 0.2) is 0 Å². The maximum atomic E-state index is 11.5. The Hall–Kier alpha value is -0.530. The highest BCUT2D eigenvalue weighted by atomic mass is 16.5. The van der Waals surface area contributed by atoms with Crippen molar-refractivity contribution in [1.82, 2.24) is 0 Å². The summed E-state index contributed by atoms with van der Waals surface area (Å²) in [6.07, 6.45) is 2.37. The first-order valence-corrected chi connectivity index (χ1v) is 4.65. The van der Waals surface area contributed by atoms with Gasteiger partial charge in [-0.15, -0.1) is 0 Å². The van der Waals surface area contributed by atoms with Crippen molar-refractivity contribution in [1.29, 1.82) is 0 Å². The highest BCUT2D eigenvalue weighted by Gasteiger charge is 2.44. The Morgan fingerprint density at radius 2 is 1.92 bits per heavy atom. The van der Waals surface area contributed by atoms with Crippen molar-refractivity contribution < 1.29 is 9.53 Å². The Morgan fingerprint density at radius 1 is 1.42 bits per heavy atom. The van der Waals surface area contributed by atoms with Crippen LogP contribution in [0.1, 0.15) is 40.5 Å². The fourth-order valence-corrected chi connectivity index (χ4v) is 1.34. The molecule has 2 nitrogen and oxygen atoms in total. The monoisotopic (exact) mass is 170 g/mol. The minimum Gasteiger partial charge on any atom is -0.463 e. The minimum absolute atomic E-state index is 0.00975. The van der Waals surface area contributed by atoms with Crippen LogP contribution < -0.4 is 0 Å². The maximum Gasteiger partial charge on any atom is 0.312 e. The molecule has 0 atom stereocenters. The molecule has 0 aromatic carbocycles. The highest BCUT2D eigenvalue weighted by Crippen LogP contribution is 2.45. The summed E-state index contributed by atoms with van der Waals surface area (Å²) in [5.74, 6) is 0.517. The zero-order chi connectivity index (χ0) is 9.35. The molecule has 0 aliphatic heterocycles. The molecule has 1 saturated carbocycles. The van der Waals surface area contributed by atoms with Crippen LogP contribution in [-0.4, -0.2) is 12.1 Å². The first kappa shape index (κ1) is 9.56. The Kier molecular flexibility index (Phi) is 2.45. The largest absolute Gasteiger partial charge is 0.463 e. The summed E-state index contributed by atoms with van der Waals surface area (Å²) in [5.41, 5.74) is -0.260. The van der Waals surface area contributed by atoms with E-state index >= 15 is 0 Å². The Balaban J connectivity index is 2.49. The Morgan fingerprint density at radius 3 is 2.25 bits per heavy atom. The molecule has 0 aromatic heterocycles. The highest BCUT2D eigenvalue weighted by molar-refractivity contribution is 5.76. The van der Waals surface area contributed by atoms with E-state index in [0.717, 1.165) is 0 Å². The van der Waals surface area contributed by atoms with Gasteiger partial charge in [-0.1, -0.05) is 0 Å². The number of hydrogen-bond acceptors (Lipinski definition) is 2. The van der Waals surface area contributed by atoms with Gasteiger partial charge in [-0.2, -0.15) is 0 Å². The molecular weight excluding hydrogens is 152 g/mol. The lowest BCUT2D eigenvalue weighted by Crippen LogP contribution is -2.30. The molecule has 0 aromatic rings. The number of carbonyl (C=O) groups excluding carboxylic acids is 1. The van der Waals surface area contributed by atoms with Gasteiger partial charge in [0.25, 0.3) is 0 Å². The van der Waals surface area contributed by atoms with Crippen LogP contribution >= 0.6 is 0 Å². The Bertz CT molecular complexity index is 178. The predicted molar refractivity (Wildman–Crippen MR) is 47.7 cm³/mol. The number of esters is 1. The molecule has 0 heterocycles. The lowest BCUT2D eigenvalue weighted by molar-refractivity contribution is -0.159. The van der Waals surface area contributed by atoms with Crippen LogP contribution in [0.4, 0.5) is 0 Å². The maximum absolute atomic E-state index is 11.5. The quantitative estimate of drug-likeness (QED) is 0.608. The van der Waals surface area contributed by atoms with Crippen LogP contribution in [0, 0.1) is 11.3 Å². The van der Waals surface area contributed by atoms with Gasteiger partial charge in [0.2, 0.25) is 0 Å². The lowest BCUT2D eigenvalue weighted by Gasteiger charge is -2.23. The molecule has 0 radical (unpaired) electrons. The van der Waals surface area contributed by atoms with Crippen molar-refractivity contribution in [2.24, 2.45) is 11.3 Å². The molecule has 0 saturated heterocycles. The number of rotatable bonds is 3. The smallest absolute Gasteiger partial charge is 0.312 e. The van der Waals surface area contributed by atoms with Gasteiger partial charge in [0.1, 0.15) is 0 Å². The molecule has 0 bridgehead atoms. The minimum atomic E-state index is -0.260. The summed E-state index contributed by atoms with van der Waals surface area (Å²) in [4.78, 5) is 11.5. The summed E-state index contributed by atoms with van der Waals surface area (Å²) in [6.45, 7) is 7.74. The molecule has 1 aliphatic carbocycles. The second-order valence-corrected chi connectivity index (χ2v) is 4.45. The summed E-state index contributed by atoms with van der Waals surface area (Å²) < 4.78 is 5.18. The van der Waals surface area contributed by atoms with Crippen molar-refractivity contribution >= 4 is 5.97 Å². The number of carbonyl (C=O) groups is 1. The summed E-state index contributed by atoms with van der Waals surface area (Å²) >= 11 is 0. The lowest BCUT2D eigenvalue weighted by atomic mass is 9.87. The van der Waals surface area contributed by atoms with E-state index in [0.29, 0.717) is 5.92 Å². The van der Waals surface area contributed by atoms with E-state index in [4.69, 9.17) is 4.74 Å². The number of ether oxygens (including phenoxy) is 1. The SMILES string of the molecule is CC(C)OC(=O)C(C)(C)C1CC1. The van der Waals surface area contributed by atoms with E-state index in [-0.39, 0.29) is 17.5 Å². The molecule has 12 heavy (non-hydrogen) atoms. The van der Waals surface area contributed by atoms with Crippen LogP contribution in [0.2, 0.25) is 0 Å². The summed E-state index contributed by atoms with van der Waals surface area (Å²) in [5, 5.41) is 0. The van der Waals surface area contributed by atoms with E-state index in [1.165, 1.54) is 12.8 Å². The van der Waals surface area contributed by atoms with Crippen molar-refractivity contribution in [2.45, 2.75) is 46.6 Å². The predicted octanol–water partition coefficient (Wildman–Crippen LogP) is 2.37. The third kappa shape index (κ3) is 1.99. The molecule has 2 heteroatoms. The standard InChI is InChI=1S/C10H18O2/c1-7(2)12-9(11)10(3,4)8-5-6-8/h7-8H,5-6H2,1-4H3. The van der Waals surface area contributed by atoms with E-state index in [2.05, 4.69) is 0 Å². The molecule has 0 amide bonds. The second kappa shape index (κ2) is 3.08. The first-order chi connectivity index (χ1) is 5.44. The molecule has 1 aliphatic rings. The van der Waals surface area contributed by atoms with Gasteiger partial charge in [-0.25, -0.2) is 0 Å². The fraction of sp³-hybridized carbons (Fsp3) is 0.900. The average Bonchev–Trinajstić information content (AvgIpc) is 2.65. The van der Waals surface area contributed by atoms with Gasteiger partial charge in [0.05, 0.1) is 11.5 Å². The van der Waals surface area contributed by atoms with Crippen molar-refractivity contribution in [2.75, 3.05) is 0 Å². The topological polar surface area (TPSA) is 26.3 Å². The molecule has 1 rings (SSSR count). The molecule has 0 unspecified atom stereocenters. The summed E-state index contributed by atoms with van der Waals surface area (Å²) in [7, 11) is 0. The van der Waals surface area contributed by atoms with E-state index in [9.17, 15) is 4.79 Å². The van der Waals surface area contributed by atoms with Crippen molar-refractivity contribution in [3.63, 3.8) is 0 Å². The zero-order valence-corrected chi connectivity index (χ0v) is 8.39. The van der Waals surface area contributed by atoms with Crippen LogP contribution in [0.3, 0.4) is 0 Å². The summed E-state index contributed by atoms with van der Waals surface area (Å²) in [6, 6.07) is 0. The van der Waals surface area contributed by atoms with Crippen molar-refractivity contribution in [3.05, 3.63) is 0 Å². The third-order valence-electron chi connectivity index (χ3n) is 2.47. The fourth-order valence-electron chi connectivity index (χ4n) is 1.34. The molecule has 1 fully saturated rings. The molecular formula is C10H18O2.